The second kappa shape index (κ2) is 12.3. The van der Waals surface area contributed by atoms with Crippen LogP contribution in [0.25, 0.3) is 17.1 Å². The molecule has 15 heteroatoms. The molecule has 0 unspecified atom stereocenters. The first kappa shape index (κ1) is 29.2. The SMILES string of the molecule is Cc1ccc(Cl)c(N2C(=O)CS/C2=N\C(=S)N/N=C/c2ccc(-c3ncn(-c4ccc(OC(F)(F)F)cc4)n3)cc2)c1. The minimum atomic E-state index is -4.76. The van der Waals surface area contributed by atoms with E-state index in [4.69, 9.17) is 23.8 Å². The van der Waals surface area contributed by atoms with E-state index in [9.17, 15) is 18.0 Å². The number of carbonyl (C=O) groups is 1. The summed E-state index contributed by atoms with van der Waals surface area (Å²) in [5.74, 6) is 0.169. The van der Waals surface area contributed by atoms with Gasteiger partial charge in [0.1, 0.15) is 12.1 Å². The normalized spacial score (nSPS) is 14.6. The summed E-state index contributed by atoms with van der Waals surface area (Å²) < 4.78 is 42.5. The van der Waals surface area contributed by atoms with Gasteiger partial charge in [-0.1, -0.05) is 53.7 Å². The lowest BCUT2D eigenvalue weighted by Gasteiger charge is -2.18. The molecule has 1 N–H and O–H groups in total. The van der Waals surface area contributed by atoms with Crippen molar-refractivity contribution < 1.29 is 22.7 Å². The number of amidine groups is 1. The number of hydrogen-bond acceptors (Lipinski definition) is 7. The van der Waals surface area contributed by atoms with E-state index >= 15 is 0 Å². The zero-order valence-electron chi connectivity index (χ0n) is 21.5. The lowest BCUT2D eigenvalue weighted by Crippen LogP contribution is -2.31. The number of nitrogens with one attached hydrogen (secondary N) is 1. The zero-order chi connectivity index (χ0) is 29.9. The molecule has 4 aromatic rings. The number of halogens is 4. The van der Waals surface area contributed by atoms with E-state index in [1.165, 1.54) is 51.9 Å². The van der Waals surface area contributed by atoms with Crippen molar-refractivity contribution in [1.82, 2.24) is 20.2 Å². The van der Waals surface area contributed by atoms with Crippen molar-refractivity contribution in [2.45, 2.75) is 13.3 Å². The molecule has 3 aromatic carbocycles. The maximum absolute atomic E-state index is 12.5. The van der Waals surface area contributed by atoms with Gasteiger partial charge in [0.25, 0.3) is 0 Å². The molecule has 1 amide bonds. The fourth-order valence-electron chi connectivity index (χ4n) is 3.79. The molecule has 42 heavy (non-hydrogen) atoms. The van der Waals surface area contributed by atoms with E-state index in [1.807, 2.05) is 19.1 Å². The number of hydrogen-bond donors (Lipinski definition) is 1. The first-order valence-corrected chi connectivity index (χ1v) is 13.8. The predicted octanol–water partition coefficient (Wildman–Crippen LogP) is 6.14. The van der Waals surface area contributed by atoms with Crippen LogP contribution >= 0.6 is 35.6 Å². The molecule has 1 aromatic heterocycles. The summed E-state index contributed by atoms with van der Waals surface area (Å²) in [7, 11) is 0. The Morgan fingerprint density at radius 1 is 1.14 bits per heavy atom. The van der Waals surface area contributed by atoms with Crippen molar-refractivity contribution in [2.75, 3.05) is 10.7 Å². The third-order valence-corrected chi connectivity index (χ3v) is 7.10. The second-order valence-corrected chi connectivity index (χ2v) is 10.5. The minimum Gasteiger partial charge on any atom is -0.406 e. The van der Waals surface area contributed by atoms with Gasteiger partial charge >= 0.3 is 6.36 Å². The summed E-state index contributed by atoms with van der Waals surface area (Å²) in [6.07, 6.45) is -1.75. The lowest BCUT2D eigenvalue weighted by atomic mass is 10.1. The number of thioether (sulfide) groups is 1. The van der Waals surface area contributed by atoms with Crippen LogP contribution in [0.4, 0.5) is 18.9 Å². The highest BCUT2D eigenvalue weighted by Gasteiger charge is 2.32. The topological polar surface area (TPSA) is 97.0 Å². The Balaban J connectivity index is 1.20. The van der Waals surface area contributed by atoms with Gasteiger partial charge in [0.05, 0.1) is 28.4 Å². The highest BCUT2D eigenvalue weighted by Crippen LogP contribution is 2.33. The predicted molar refractivity (Wildman–Crippen MR) is 160 cm³/mol. The number of aromatic nitrogens is 3. The number of thiocarbonyl (C=S) groups is 1. The van der Waals surface area contributed by atoms with Crippen LogP contribution < -0.4 is 15.1 Å². The Kier molecular flexibility index (Phi) is 8.56. The highest BCUT2D eigenvalue weighted by molar-refractivity contribution is 8.15. The van der Waals surface area contributed by atoms with E-state index in [0.717, 1.165) is 16.7 Å². The van der Waals surface area contributed by atoms with Crippen molar-refractivity contribution in [3.8, 4) is 22.8 Å². The molecule has 0 saturated carbocycles. The van der Waals surface area contributed by atoms with E-state index in [2.05, 4.69) is 30.3 Å². The third kappa shape index (κ3) is 7.13. The molecule has 0 bridgehead atoms. The van der Waals surface area contributed by atoms with E-state index in [0.29, 0.717) is 27.4 Å². The van der Waals surface area contributed by atoms with Crippen LogP contribution in [0.15, 0.2) is 83.2 Å². The maximum Gasteiger partial charge on any atom is 0.573 e. The van der Waals surface area contributed by atoms with Gasteiger partial charge in [-0.25, -0.2) is 9.67 Å². The summed E-state index contributed by atoms with van der Waals surface area (Å²) >= 11 is 12.9. The Morgan fingerprint density at radius 3 is 2.60 bits per heavy atom. The first-order valence-electron chi connectivity index (χ1n) is 12.1. The van der Waals surface area contributed by atoms with Crippen LogP contribution in [-0.2, 0) is 4.79 Å². The summed E-state index contributed by atoms with van der Waals surface area (Å²) in [6.45, 7) is 1.91. The van der Waals surface area contributed by atoms with E-state index in [1.54, 1.807) is 36.5 Å². The van der Waals surface area contributed by atoms with Gasteiger partial charge in [0, 0.05) is 5.56 Å². The molecule has 0 spiro atoms. The third-order valence-electron chi connectivity index (χ3n) is 5.67. The Labute approximate surface area is 252 Å². The number of aryl methyl sites for hydroxylation is 1. The van der Waals surface area contributed by atoms with Crippen LogP contribution in [0.1, 0.15) is 11.1 Å². The van der Waals surface area contributed by atoms with Crippen LogP contribution in [0.5, 0.6) is 5.75 Å². The molecule has 1 fully saturated rings. The number of aliphatic imine (C=N–C) groups is 1. The number of benzene rings is 3. The van der Waals surface area contributed by atoms with Gasteiger partial charge in [-0.15, -0.1) is 18.3 Å². The van der Waals surface area contributed by atoms with Crippen molar-refractivity contribution in [3.05, 3.63) is 89.2 Å². The van der Waals surface area contributed by atoms with Gasteiger partial charge in [-0.05, 0) is 66.7 Å². The fraction of sp³-hybridized carbons (Fsp3) is 0.111. The van der Waals surface area contributed by atoms with Crippen LogP contribution in [0.2, 0.25) is 5.02 Å². The Bertz CT molecular complexity index is 1690. The van der Waals surface area contributed by atoms with Gasteiger partial charge < -0.3 is 4.74 Å². The Morgan fingerprint density at radius 2 is 1.88 bits per heavy atom. The van der Waals surface area contributed by atoms with Crippen LogP contribution in [-0.4, -0.2) is 49.3 Å². The van der Waals surface area contributed by atoms with Gasteiger partial charge in [-0.3, -0.25) is 15.1 Å². The monoisotopic (exact) mass is 629 g/mol. The van der Waals surface area contributed by atoms with Crippen molar-refractivity contribution in [1.29, 1.82) is 0 Å². The molecule has 0 atom stereocenters. The number of nitrogens with zero attached hydrogens (tertiary/aromatic N) is 6. The maximum atomic E-state index is 12.5. The number of anilines is 1. The number of amides is 1. The smallest absolute Gasteiger partial charge is 0.406 e. The van der Waals surface area contributed by atoms with Gasteiger partial charge in [0.2, 0.25) is 11.0 Å². The summed E-state index contributed by atoms with van der Waals surface area (Å²) in [5.41, 5.74) is 6.17. The molecule has 214 valence electrons. The van der Waals surface area contributed by atoms with Gasteiger partial charge in [-0.2, -0.15) is 10.1 Å². The summed E-state index contributed by atoms with van der Waals surface area (Å²) in [4.78, 5) is 22.6. The number of carbonyl (C=O) groups excluding carboxylic acids is 1. The standard InChI is InChI=1S/C27H19ClF3N7O2S2/c1-16-2-11-21(28)22(12-16)38-23(39)14-42-26(38)34-25(41)35-33-13-17-3-5-18(6-4-17)24-32-15-37(36-24)19-7-9-20(10-8-19)40-27(29,30)31/h2-13,15H,14H2,1H3,(H,35,41)/b33-13+,34-26-. The molecule has 1 saturated heterocycles. The number of hydrazone groups is 1. The second-order valence-electron chi connectivity index (χ2n) is 8.72. The van der Waals surface area contributed by atoms with Crippen molar-refractivity contribution in [3.63, 3.8) is 0 Å². The van der Waals surface area contributed by atoms with Crippen LogP contribution in [0, 0.1) is 6.92 Å². The number of rotatable bonds is 6. The van der Waals surface area contributed by atoms with E-state index < -0.39 is 6.36 Å². The van der Waals surface area contributed by atoms with Crippen molar-refractivity contribution in [2.24, 2.45) is 10.1 Å². The molecule has 9 nitrogen and oxygen atoms in total. The highest BCUT2D eigenvalue weighted by atomic mass is 35.5. The quantitative estimate of drug-likeness (QED) is 0.155. The minimum absolute atomic E-state index is 0.0709. The summed E-state index contributed by atoms with van der Waals surface area (Å²) in [5, 5.41) is 9.42. The molecule has 5 rings (SSSR count). The molecular formula is C27H19ClF3N7O2S2. The number of alkyl halides is 3. The first-order chi connectivity index (χ1) is 20.1. The van der Waals surface area contributed by atoms with Crippen molar-refractivity contribution >= 4 is 63.7 Å². The fourth-order valence-corrected chi connectivity index (χ4v) is 5.05. The molecule has 0 radical (unpaired) electrons. The largest absolute Gasteiger partial charge is 0.573 e. The van der Waals surface area contributed by atoms with E-state index in [-0.39, 0.29) is 22.5 Å². The molecular weight excluding hydrogens is 611 g/mol. The molecule has 1 aliphatic heterocycles. The van der Waals surface area contributed by atoms with Gasteiger partial charge in [0.15, 0.2) is 11.0 Å². The van der Waals surface area contributed by atoms with Crippen LogP contribution in [0.3, 0.4) is 0 Å². The zero-order valence-corrected chi connectivity index (χ0v) is 23.9. The average molecular weight is 630 g/mol. The molecule has 1 aliphatic rings. The molecule has 0 aliphatic carbocycles. The summed E-state index contributed by atoms with van der Waals surface area (Å²) in [6, 6.07) is 17.9. The lowest BCUT2D eigenvalue weighted by molar-refractivity contribution is -0.274. The Hall–Kier alpha value is -4.27. The number of ether oxygens (including phenoxy) is 1. The molecule has 2 heterocycles. The average Bonchev–Trinajstić information content (AvgIpc) is 3.57.